The lowest BCUT2D eigenvalue weighted by Crippen LogP contribution is -2.00. The summed E-state index contributed by atoms with van der Waals surface area (Å²) < 4.78 is 40.1. The van der Waals surface area contributed by atoms with E-state index >= 15 is 0 Å². The summed E-state index contributed by atoms with van der Waals surface area (Å²) in [5.74, 6) is -1.97. The maximum Gasteiger partial charge on any atom is 0.151 e. The van der Waals surface area contributed by atoms with E-state index in [4.69, 9.17) is 5.73 Å². The monoisotopic (exact) mass is 252 g/mol. The molecule has 0 fully saturated rings. The molecule has 0 aliphatic carbocycles. The Balaban J connectivity index is 2.37. The van der Waals surface area contributed by atoms with E-state index in [-0.39, 0.29) is 17.2 Å². The highest BCUT2D eigenvalue weighted by molar-refractivity contribution is 5.64. The fourth-order valence-corrected chi connectivity index (χ4v) is 1.58. The van der Waals surface area contributed by atoms with Crippen molar-refractivity contribution in [3.8, 4) is 0 Å². The van der Waals surface area contributed by atoms with Crippen LogP contribution in [0.5, 0.6) is 0 Å². The summed E-state index contributed by atoms with van der Waals surface area (Å²) in [6.45, 7) is 1.57. The summed E-state index contributed by atoms with van der Waals surface area (Å²) in [6, 6.07) is 6.12. The highest BCUT2D eigenvalue weighted by Gasteiger charge is 2.11. The highest BCUT2D eigenvalue weighted by Crippen LogP contribution is 2.26. The zero-order chi connectivity index (χ0) is 13.3. The molecule has 0 heterocycles. The van der Waals surface area contributed by atoms with Crippen LogP contribution in [0.15, 0.2) is 30.3 Å². The van der Waals surface area contributed by atoms with Crippen LogP contribution in [-0.2, 0) is 0 Å². The molecule has 0 saturated heterocycles. The molecular formula is C13H11F3N2. The number of aryl methyl sites for hydroxylation is 1. The van der Waals surface area contributed by atoms with Crippen molar-refractivity contribution in [2.45, 2.75) is 6.92 Å². The minimum atomic E-state index is -0.797. The van der Waals surface area contributed by atoms with E-state index < -0.39 is 11.6 Å². The summed E-state index contributed by atoms with van der Waals surface area (Å²) in [5, 5.41) is 2.56. The van der Waals surface area contributed by atoms with Crippen molar-refractivity contribution in [1.82, 2.24) is 0 Å². The van der Waals surface area contributed by atoms with Gasteiger partial charge in [-0.2, -0.15) is 0 Å². The molecule has 2 nitrogen and oxygen atoms in total. The molecule has 0 aromatic heterocycles. The van der Waals surface area contributed by atoms with Crippen molar-refractivity contribution in [3.05, 3.63) is 53.3 Å². The van der Waals surface area contributed by atoms with E-state index in [1.807, 2.05) is 0 Å². The van der Waals surface area contributed by atoms with Crippen molar-refractivity contribution in [1.29, 1.82) is 0 Å². The van der Waals surface area contributed by atoms with E-state index in [1.165, 1.54) is 18.2 Å². The van der Waals surface area contributed by atoms with Crippen LogP contribution in [0.1, 0.15) is 5.56 Å². The Bertz CT molecular complexity index is 574. The van der Waals surface area contributed by atoms with Gasteiger partial charge in [0.2, 0.25) is 0 Å². The zero-order valence-corrected chi connectivity index (χ0v) is 9.60. The number of nitrogens with one attached hydrogen (secondary N) is 1. The lowest BCUT2D eigenvalue weighted by molar-refractivity contribution is 0.592. The minimum Gasteiger partial charge on any atom is -0.399 e. The summed E-state index contributed by atoms with van der Waals surface area (Å²) in [5.41, 5.74) is 5.79. The quantitative estimate of drug-likeness (QED) is 0.799. The van der Waals surface area contributed by atoms with Gasteiger partial charge in [-0.25, -0.2) is 13.2 Å². The molecule has 2 rings (SSSR count). The molecule has 0 saturated carbocycles. The average Bonchev–Trinajstić information content (AvgIpc) is 2.28. The van der Waals surface area contributed by atoms with Crippen LogP contribution < -0.4 is 11.1 Å². The van der Waals surface area contributed by atoms with Crippen molar-refractivity contribution < 1.29 is 13.2 Å². The van der Waals surface area contributed by atoms with Crippen LogP contribution in [0, 0.1) is 24.4 Å². The first kappa shape index (κ1) is 12.3. The maximum atomic E-state index is 13.5. The lowest BCUT2D eigenvalue weighted by Gasteiger charge is -2.10. The number of benzene rings is 2. The SMILES string of the molecule is Cc1cc(Nc2c(F)cc(N)cc2F)ccc1F. The third-order valence-electron chi connectivity index (χ3n) is 2.49. The Kier molecular flexibility index (Phi) is 3.14. The van der Waals surface area contributed by atoms with Gasteiger partial charge in [0.05, 0.1) is 0 Å². The second kappa shape index (κ2) is 4.60. The Morgan fingerprint density at radius 2 is 1.56 bits per heavy atom. The number of hydrogen-bond donors (Lipinski definition) is 2. The summed E-state index contributed by atoms with van der Waals surface area (Å²) in [7, 11) is 0. The largest absolute Gasteiger partial charge is 0.399 e. The molecule has 18 heavy (non-hydrogen) atoms. The smallest absolute Gasteiger partial charge is 0.151 e. The molecule has 2 aromatic carbocycles. The van der Waals surface area contributed by atoms with E-state index in [1.54, 1.807) is 6.92 Å². The van der Waals surface area contributed by atoms with Crippen molar-refractivity contribution in [2.24, 2.45) is 0 Å². The molecule has 0 atom stereocenters. The van der Waals surface area contributed by atoms with Gasteiger partial charge in [0.25, 0.3) is 0 Å². The van der Waals surface area contributed by atoms with E-state index in [0.29, 0.717) is 11.3 Å². The number of hydrogen-bond acceptors (Lipinski definition) is 2. The van der Waals surface area contributed by atoms with Gasteiger partial charge < -0.3 is 11.1 Å². The summed E-state index contributed by atoms with van der Waals surface area (Å²) >= 11 is 0. The summed E-state index contributed by atoms with van der Waals surface area (Å²) in [6.07, 6.45) is 0. The van der Waals surface area contributed by atoms with Gasteiger partial charge in [-0.05, 0) is 42.8 Å². The van der Waals surface area contributed by atoms with Crippen LogP contribution >= 0.6 is 0 Å². The number of halogens is 3. The topological polar surface area (TPSA) is 38.0 Å². The summed E-state index contributed by atoms with van der Waals surface area (Å²) in [4.78, 5) is 0. The second-order valence-electron chi connectivity index (χ2n) is 3.95. The minimum absolute atomic E-state index is 0.00540. The fraction of sp³-hybridized carbons (Fsp3) is 0.0769. The third-order valence-corrected chi connectivity index (χ3v) is 2.49. The van der Waals surface area contributed by atoms with Gasteiger partial charge in [-0.15, -0.1) is 0 Å². The van der Waals surface area contributed by atoms with Gasteiger partial charge in [-0.3, -0.25) is 0 Å². The molecule has 0 radical (unpaired) electrons. The van der Waals surface area contributed by atoms with Crippen molar-refractivity contribution in [2.75, 3.05) is 11.1 Å². The molecule has 0 bridgehead atoms. The van der Waals surface area contributed by atoms with Gasteiger partial charge >= 0.3 is 0 Å². The van der Waals surface area contributed by atoms with Gasteiger partial charge in [0.1, 0.15) is 11.5 Å². The molecular weight excluding hydrogens is 241 g/mol. The first-order valence-electron chi connectivity index (χ1n) is 5.25. The van der Waals surface area contributed by atoms with Crippen LogP contribution in [0.3, 0.4) is 0 Å². The van der Waals surface area contributed by atoms with Gasteiger partial charge in [0.15, 0.2) is 11.6 Å². The molecule has 0 unspecified atom stereocenters. The second-order valence-corrected chi connectivity index (χ2v) is 3.95. The Hall–Kier alpha value is -2.17. The molecule has 0 amide bonds. The average molecular weight is 252 g/mol. The zero-order valence-electron chi connectivity index (χ0n) is 9.60. The Morgan fingerprint density at radius 3 is 2.11 bits per heavy atom. The predicted molar refractivity (Wildman–Crippen MR) is 65.2 cm³/mol. The first-order chi connectivity index (χ1) is 8.47. The van der Waals surface area contributed by atoms with Crippen LogP contribution in [0.4, 0.5) is 30.2 Å². The van der Waals surface area contributed by atoms with Crippen LogP contribution in [0.25, 0.3) is 0 Å². The van der Waals surface area contributed by atoms with E-state index in [0.717, 1.165) is 12.1 Å². The molecule has 0 aliphatic rings. The molecule has 94 valence electrons. The molecule has 0 spiro atoms. The Labute approximate surface area is 102 Å². The van der Waals surface area contributed by atoms with E-state index in [9.17, 15) is 13.2 Å². The fourth-order valence-electron chi connectivity index (χ4n) is 1.58. The first-order valence-corrected chi connectivity index (χ1v) is 5.25. The standard InChI is InChI=1S/C13H11F3N2/c1-7-4-9(2-3-10(7)14)18-13-11(15)5-8(17)6-12(13)16/h2-6,18H,17H2,1H3. The van der Waals surface area contributed by atoms with Crippen molar-refractivity contribution in [3.63, 3.8) is 0 Å². The molecule has 5 heteroatoms. The number of nitrogen functional groups attached to an aromatic ring is 1. The maximum absolute atomic E-state index is 13.5. The normalized spacial score (nSPS) is 10.4. The van der Waals surface area contributed by atoms with Crippen LogP contribution in [-0.4, -0.2) is 0 Å². The van der Waals surface area contributed by atoms with Gasteiger partial charge in [0, 0.05) is 11.4 Å². The molecule has 3 N–H and O–H groups in total. The Morgan fingerprint density at radius 1 is 0.944 bits per heavy atom. The third kappa shape index (κ3) is 2.40. The van der Waals surface area contributed by atoms with Crippen molar-refractivity contribution >= 4 is 17.1 Å². The number of anilines is 3. The highest BCUT2D eigenvalue weighted by atomic mass is 19.1. The van der Waals surface area contributed by atoms with Crippen LogP contribution in [0.2, 0.25) is 0 Å². The van der Waals surface area contributed by atoms with E-state index in [2.05, 4.69) is 5.32 Å². The molecule has 0 aliphatic heterocycles. The molecule has 2 aromatic rings. The predicted octanol–water partition coefficient (Wildman–Crippen LogP) is 3.74. The van der Waals surface area contributed by atoms with Gasteiger partial charge in [-0.1, -0.05) is 0 Å². The number of rotatable bonds is 2. The number of nitrogens with two attached hydrogens (primary N) is 1. The lowest BCUT2D eigenvalue weighted by atomic mass is 10.2.